The van der Waals surface area contributed by atoms with Gasteiger partial charge in [0.05, 0.1) is 0 Å². The molecule has 0 aromatic carbocycles. The van der Waals surface area contributed by atoms with E-state index in [0.29, 0.717) is 0 Å². The van der Waals surface area contributed by atoms with E-state index < -0.39 is 5.17 Å². The second-order valence-electron chi connectivity index (χ2n) is 4.67. The molecule has 0 aliphatic carbocycles. The van der Waals surface area contributed by atoms with Gasteiger partial charge < -0.3 is 0 Å². The molecule has 0 heterocycles. The Morgan fingerprint density at radius 1 is 0.455 bits per heavy atom. The summed E-state index contributed by atoms with van der Waals surface area (Å²) >= 11 is 6.25. The zero-order valence-electron chi connectivity index (χ0n) is 9.75. The van der Waals surface area contributed by atoms with Crippen LogP contribution in [0.3, 0.4) is 0 Å². The van der Waals surface area contributed by atoms with Gasteiger partial charge in [0, 0.05) is 0 Å². The standard InChI is InChI=1S/9CO.CH.3Co/c9*1-2;;;;/h;;;;;;;;;1H;;;. The van der Waals surface area contributed by atoms with Crippen molar-refractivity contribution in [1.29, 1.82) is 0 Å². The fraction of sp³-hybridized carbons (Fsp3) is 0.100. The molecule has 0 aromatic heterocycles. The number of carbonyl (C=O) groups excluding carboxylic acids is 9. The molecule has 0 aliphatic heterocycles. The predicted molar refractivity (Wildman–Crippen MR) is 55.0 cm³/mol. The second kappa shape index (κ2) is 1.97. The normalized spacial score (nSPS) is 22.2. The molecule has 0 radical (unpaired) electrons. The number of hydrogen-bond donors (Lipinski definition) is 0. The third-order valence-electron chi connectivity index (χ3n) is 3.38. The van der Waals surface area contributed by atoms with Gasteiger partial charge in [-0.2, -0.15) is 0 Å². The molecule has 0 spiro atoms. The van der Waals surface area contributed by atoms with Gasteiger partial charge in [-0.25, -0.2) is 0 Å². The minimum absolute atomic E-state index is 0.295. The van der Waals surface area contributed by atoms with Crippen molar-refractivity contribution in [2.75, 3.05) is 0 Å². The molecule has 0 unspecified atom stereocenters. The van der Waals surface area contributed by atoms with Crippen LogP contribution in [-0.4, -0.2) is 43.4 Å². The van der Waals surface area contributed by atoms with E-state index in [1.807, 2.05) is 0 Å². The van der Waals surface area contributed by atoms with E-state index in [0.717, 1.165) is 0 Å². The van der Waals surface area contributed by atoms with Gasteiger partial charge >= 0.3 is 123 Å². The van der Waals surface area contributed by atoms with Crippen LogP contribution in [-0.2, 0) is 77.1 Å². The van der Waals surface area contributed by atoms with E-state index in [1.165, 1.54) is 0 Å². The van der Waals surface area contributed by atoms with Crippen LogP contribution in [0, 0.1) is 0 Å². The van der Waals surface area contributed by atoms with Gasteiger partial charge in [-0.05, 0) is 0 Å². The first kappa shape index (κ1) is 19.7. The van der Waals surface area contributed by atoms with Crippen LogP contribution >= 0.6 is 0 Å². The third kappa shape index (κ3) is 0.531. The van der Waals surface area contributed by atoms with Gasteiger partial charge in [0.25, 0.3) is 0 Å². The molecule has 0 aromatic rings. The first-order valence-corrected chi connectivity index (χ1v) is 10.4. The monoisotopic (exact) mass is 442 g/mol. The van der Waals surface area contributed by atoms with Crippen molar-refractivity contribution in [3.05, 3.63) is 0 Å². The molecule has 0 atom stereocenters. The molecule has 0 amide bonds. The Kier molecular flexibility index (Phi) is 1.77. The predicted octanol–water partition coefficient (Wildman–Crippen LogP) is -3.24. The topological polar surface area (TPSA) is 154 Å². The molecule has 0 fully saturated rings. The first-order valence-electron chi connectivity index (χ1n) is 3.91. The number of rotatable bonds is 1. The number of hydrogen-bond acceptors (Lipinski definition) is 9. The fourth-order valence-electron chi connectivity index (χ4n) is 0.736. The molecule has 12 heteroatoms. The average molecular weight is 442 g/mol. The Hall–Kier alpha value is -2.26. The van der Waals surface area contributed by atoms with E-state index in [1.54, 1.807) is 0 Å². The van der Waals surface area contributed by atoms with Crippen LogP contribution < -0.4 is 0 Å². The van der Waals surface area contributed by atoms with Crippen LogP contribution in [0.25, 0.3) is 0 Å². The maximum absolute atomic E-state index is 12.1. The fourth-order valence-corrected chi connectivity index (χ4v) is 6.07. The summed E-state index contributed by atoms with van der Waals surface area (Å²) in [7, 11) is 0. The SMILES string of the molecule is O=[C]=[Co](=[C]=O)(=[C]=O)(=[C]=O)(=[C]=O)(=[C]=O)(=[C]=O)(=[C]=O)(=[C]=O)[CH]([Co])[Co]. The van der Waals surface area contributed by atoms with E-state index >= 15 is 0 Å². The zero-order chi connectivity index (χ0) is 18.3. The van der Waals surface area contributed by atoms with Gasteiger partial charge in [0.15, 0.2) is 0 Å². The Labute approximate surface area is 123 Å². The summed E-state index contributed by atoms with van der Waals surface area (Å²) in [5.41, 5.74) is 0. The molecule has 22 heavy (non-hydrogen) atoms. The van der Waals surface area contributed by atoms with Crippen LogP contribution in [0.1, 0.15) is 0 Å². The Bertz CT molecular complexity index is 2080. The summed E-state index contributed by atoms with van der Waals surface area (Å²) in [4.78, 5) is 103. The van der Waals surface area contributed by atoms with Gasteiger partial charge in [-0.15, -0.1) is 0 Å². The van der Waals surface area contributed by atoms with Crippen LogP contribution in [0.2, 0.25) is 2.72 Å². The zero-order valence-corrected chi connectivity index (χ0v) is 12.9. The van der Waals surface area contributed by atoms with Gasteiger partial charge in [-0.3, -0.25) is 0 Å². The summed E-state index contributed by atoms with van der Waals surface area (Å²) in [5.74, 6) is 0. The van der Waals surface area contributed by atoms with Gasteiger partial charge in [0.2, 0.25) is 0 Å². The van der Waals surface area contributed by atoms with E-state index in [-0.39, 0.29) is 43.4 Å². The Balaban J connectivity index is 16.1. The van der Waals surface area contributed by atoms with E-state index in [4.69, 9.17) is 0 Å². The molecule has 0 rings (SSSR count). The van der Waals surface area contributed by atoms with Crippen LogP contribution in [0.4, 0.5) is 0 Å². The van der Waals surface area contributed by atoms with Crippen LogP contribution in [0.5, 0.6) is 0 Å². The van der Waals surface area contributed by atoms with E-state index in [2.05, 4.69) is 31.5 Å². The van der Waals surface area contributed by atoms with Crippen molar-refractivity contribution in [3.8, 4) is 0 Å². The molecule has 0 aliphatic rings. The quantitative estimate of drug-likeness (QED) is 0.408. The van der Waals surface area contributed by atoms with Gasteiger partial charge in [0.1, 0.15) is 0 Å². The minimum atomic E-state index is -12.1. The molecule has 0 saturated heterocycles. The van der Waals surface area contributed by atoms with Gasteiger partial charge in [-0.1, -0.05) is 0 Å². The summed E-state index contributed by atoms with van der Waals surface area (Å²) in [5, 5.41) is 0. The third-order valence-corrected chi connectivity index (χ3v) is 21.4. The van der Waals surface area contributed by atoms with Crippen molar-refractivity contribution in [1.82, 2.24) is 0 Å². The molecule has 122 valence electrons. The summed E-state index contributed by atoms with van der Waals surface area (Å²) in [6, 6.07) is 0. The Morgan fingerprint density at radius 3 is 0.591 bits per heavy atom. The summed E-state index contributed by atoms with van der Waals surface area (Å²) < 4.78 is -15.9. The maximum atomic E-state index is 11.8. The van der Waals surface area contributed by atoms with Crippen molar-refractivity contribution >= 4 is 43.4 Å². The average Bonchev–Trinajstić information content (AvgIpc) is 2.65. The molecule has 0 N–H and O–H groups in total. The first-order chi connectivity index (χ1) is 9.71. The summed E-state index contributed by atoms with van der Waals surface area (Å²) in [6.07, 6.45) is 0. The molecular weight excluding hydrogens is 441 g/mol. The molecular formula is C10HCo3O9. The molecule has 9 nitrogen and oxygen atoms in total. The van der Waals surface area contributed by atoms with Crippen molar-refractivity contribution < 1.29 is 77.1 Å². The second-order valence-corrected chi connectivity index (χ2v) is 21.7. The molecule has 0 saturated carbocycles. The van der Waals surface area contributed by atoms with Crippen LogP contribution in [0.15, 0.2) is 0 Å². The summed E-state index contributed by atoms with van der Waals surface area (Å²) in [6.45, 7) is 0. The Morgan fingerprint density at radius 2 is 0.591 bits per heavy atom. The van der Waals surface area contributed by atoms with E-state index in [9.17, 15) is 43.2 Å². The van der Waals surface area contributed by atoms with Crippen molar-refractivity contribution in [2.24, 2.45) is 0 Å². The van der Waals surface area contributed by atoms with Crippen molar-refractivity contribution in [3.63, 3.8) is 0 Å². The molecule has 0 bridgehead atoms. The van der Waals surface area contributed by atoms with Crippen molar-refractivity contribution in [2.45, 2.75) is 2.72 Å².